The molecule has 0 aromatic carbocycles. The highest BCUT2D eigenvalue weighted by Gasteiger charge is 2.73. The molecule has 0 bridgehead atoms. The summed E-state index contributed by atoms with van der Waals surface area (Å²) in [6.45, 7) is 6.72. The number of carbonyl (C=O) groups excluding carboxylic acids is 3. The van der Waals surface area contributed by atoms with Crippen LogP contribution in [0.3, 0.4) is 0 Å². The SMILES string of the molecule is CC1(C)OC2CC(=O)OCC23C1CC(=O)C1(C)C2=CC(=O)OCC2CCC13.c1ccoc1. The van der Waals surface area contributed by atoms with Gasteiger partial charge in [0.25, 0.3) is 0 Å². The van der Waals surface area contributed by atoms with Crippen LogP contribution in [0.25, 0.3) is 0 Å². The molecule has 0 amide bonds. The Morgan fingerprint density at radius 3 is 2.38 bits per heavy atom. The maximum absolute atomic E-state index is 13.5. The summed E-state index contributed by atoms with van der Waals surface area (Å²) in [7, 11) is 0. The summed E-state index contributed by atoms with van der Waals surface area (Å²) in [5.41, 5.74) is -0.641. The molecule has 32 heavy (non-hydrogen) atoms. The van der Waals surface area contributed by atoms with Gasteiger partial charge in [-0.2, -0.15) is 0 Å². The van der Waals surface area contributed by atoms with Crippen molar-refractivity contribution in [3.05, 3.63) is 36.3 Å². The van der Waals surface area contributed by atoms with Crippen molar-refractivity contribution in [2.75, 3.05) is 13.2 Å². The molecule has 1 spiro atoms. The van der Waals surface area contributed by atoms with Crippen molar-refractivity contribution in [3.63, 3.8) is 0 Å². The van der Waals surface area contributed by atoms with Crippen molar-refractivity contribution in [1.29, 1.82) is 0 Å². The number of ether oxygens (including phenoxy) is 3. The Labute approximate surface area is 187 Å². The first kappa shape index (κ1) is 21.4. The lowest BCUT2D eigenvalue weighted by molar-refractivity contribution is -0.186. The van der Waals surface area contributed by atoms with Gasteiger partial charge in [0, 0.05) is 29.7 Å². The summed E-state index contributed by atoms with van der Waals surface area (Å²) >= 11 is 0. The Morgan fingerprint density at radius 2 is 1.69 bits per heavy atom. The van der Waals surface area contributed by atoms with Gasteiger partial charge in [-0.15, -0.1) is 0 Å². The molecule has 3 aliphatic heterocycles. The van der Waals surface area contributed by atoms with Crippen molar-refractivity contribution in [3.8, 4) is 0 Å². The van der Waals surface area contributed by atoms with E-state index >= 15 is 0 Å². The first-order valence-corrected chi connectivity index (χ1v) is 11.4. The van der Waals surface area contributed by atoms with E-state index in [1.165, 1.54) is 0 Å². The fourth-order valence-corrected chi connectivity index (χ4v) is 7.29. The van der Waals surface area contributed by atoms with Crippen LogP contribution in [0.2, 0.25) is 0 Å². The van der Waals surface area contributed by atoms with E-state index in [-0.39, 0.29) is 53.4 Å². The van der Waals surface area contributed by atoms with Gasteiger partial charge in [-0.05, 0) is 57.2 Å². The number of carbonyl (C=O) groups is 3. The lowest BCUT2D eigenvalue weighted by Crippen LogP contribution is -2.64. The van der Waals surface area contributed by atoms with Crippen LogP contribution in [0, 0.1) is 28.6 Å². The van der Waals surface area contributed by atoms with E-state index in [1.54, 1.807) is 18.6 Å². The number of Topliss-reactive ketones (excluding diaryl/α,β-unsaturated/α-hetero) is 1. The van der Waals surface area contributed by atoms with Crippen LogP contribution in [-0.4, -0.2) is 42.6 Å². The monoisotopic (exact) mass is 442 g/mol. The van der Waals surface area contributed by atoms with Crippen LogP contribution < -0.4 is 0 Å². The minimum atomic E-state index is -0.718. The van der Waals surface area contributed by atoms with Gasteiger partial charge in [0.2, 0.25) is 0 Å². The molecule has 6 rings (SSSR count). The highest BCUT2D eigenvalue weighted by molar-refractivity contribution is 5.93. The largest absolute Gasteiger partial charge is 0.473 e. The molecule has 5 aliphatic rings. The molecule has 4 heterocycles. The average molecular weight is 443 g/mol. The molecule has 1 aromatic rings. The predicted octanol–water partition coefficient (Wildman–Crippen LogP) is 3.48. The van der Waals surface area contributed by atoms with Crippen molar-refractivity contribution >= 4 is 17.7 Å². The van der Waals surface area contributed by atoms with Gasteiger partial charge in [0.15, 0.2) is 0 Å². The zero-order chi connectivity index (χ0) is 22.7. The molecular weight excluding hydrogens is 412 g/mol. The molecule has 2 saturated heterocycles. The van der Waals surface area contributed by atoms with Crippen LogP contribution >= 0.6 is 0 Å². The third kappa shape index (κ3) is 2.93. The van der Waals surface area contributed by atoms with E-state index in [0.29, 0.717) is 19.6 Å². The van der Waals surface area contributed by atoms with Crippen LogP contribution in [0.5, 0.6) is 0 Å². The second kappa shape index (κ2) is 7.30. The number of esters is 2. The smallest absolute Gasteiger partial charge is 0.330 e. The second-order valence-corrected chi connectivity index (χ2v) is 10.4. The minimum absolute atomic E-state index is 0.00419. The Morgan fingerprint density at radius 1 is 0.938 bits per heavy atom. The number of rotatable bonds is 0. The summed E-state index contributed by atoms with van der Waals surface area (Å²) in [6.07, 6.45) is 6.94. The average Bonchev–Trinajstić information content (AvgIpc) is 3.39. The van der Waals surface area contributed by atoms with Gasteiger partial charge in [-0.25, -0.2) is 4.79 Å². The first-order valence-electron chi connectivity index (χ1n) is 11.4. The molecule has 7 heteroatoms. The molecule has 2 aliphatic carbocycles. The molecule has 0 N–H and O–H groups in total. The van der Waals surface area contributed by atoms with E-state index < -0.39 is 11.0 Å². The maximum Gasteiger partial charge on any atom is 0.330 e. The number of hydrogen-bond donors (Lipinski definition) is 0. The van der Waals surface area contributed by atoms with Crippen LogP contribution in [0.4, 0.5) is 0 Å². The fourth-order valence-electron chi connectivity index (χ4n) is 7.29. The molecule has 2 saturated carbocycles. The molecule has 6 atom stereocenters. The molecule has 4 fully saturated rings. The summed E-state index contributed by atoms with van der Waals surface area (Å²) in [6, 6.07) is 3.67. The lowest BCUT2D eigenvalue weighted by atomic mass is 9.42. The van der Waals surface area contributed by atoms with Gasteiger partial charge in [-0.3, -0.25) is 9.59 Å². The van der Waals surface area contributed by atoms with Gasteiger partial charge in [0.1, 0.15) is 12.4 Å². The standard InChI is InChI=1S/C21H26O6.C4H4O/c1-19(2)14-7-15(22)20(3)12-6-17(23)25-9-11(12)4-5-13(20)21(14)10-26-18(24)8-16(21)27-19;1-2-4-5-3-1/h6,11,13-14,16H,4-5,7-10H2,1-3H3;1-4H. The van der Waals surface area contributed by atoms with Gasteiger partial charge < -0.3 is 18.6 Å². The molecule has 6 unspecified atom stereocenters. The topological polar surface area (TPSA) is 92.0 Å². The van der Waals surface area contributed by atoms with E-state index in [0.717, 1.165) is 18.4 Å². The van der Waals surface area contributed by atoms with Crippen molar-refractivity contribution in [1.82, 2.24) is 0 Å². The van der Waals surface area contributed by atoms with Crippen molar-refractivity contribution in [2.24, 2.45) is 28.6 Å². The number of furan rings is 1. The first-order chi connectivity index (χ1) is 15.2. The maximum atomic E-state index is 13.5. The highest BCUT2D eigenvalue weighted by Crippen LogP contribution is 2.69. The van der Waals surface area contributed by atoms with E-state index in [9.17, 15) is 14.4 Å². The summed E-state index contributed by atoms with van der Waals surface area (Å²) in [5.74, 6) is -0.269. The fraction of sp³-hybridized carbons (Fsp3) is 0.640. The summed E-state index contributed by atoms with van der Waals surface area (Å²) < 4.78 is 21.8. The third-order valence-corrected chi connectivity index (χ3v) is 8.65. The normalized spacial score (nSPS) is 41.5. The van der Waals surface area contributed by atoms with Crippen LogP contribution in [-0.2, 0) is 28.6 Å². The Kier molecular flexibility index (Phi) is 4.89. The van der Waals surface area contributed by atoms with Crippen molar-refractivity contribution < 1.29 is 33.0 Å². The zero-order valence-electron chi connectivity index (χ0n) is 18.8. The molecule has 172 valence electrons. The summed E-state index contributed by atoms with van der Waals surface area (Å²) in [4.78, 5) is 37.5. The molecule has 7 nitrogen and oxygen atoms in total. The number of fused-ring (bicyclic) bond motifs is 3. The Hall–Kier alpha value is -2.41. The van der Waals surface area contributed by atoms with Gasteiger partial charge in [-0.1, -0.05) is 0 Å². The number of ketones is 1. The van der Waals surface area contributed by atoms with Gasteiger partial charge >= 0.3 is 11.9 Å². The van der Waals surface area contributed by atoms with E-state index in [4.69, 9.17) is 14.2 Å². The molecular formula is C25H30O7. The van der Waals surface area contributed by atoms with Crippen LogP contribution in [0.15, 0.2) is 40.7 Å². The second-order valence-electron chi connectivity index (χ2n) is 10.4. The zero-order valence-corrected chi connectivity index (χ0v) is 18.8. The molecule has 1 aromatic heterocycles. The van der Waals surface area contributed by atoms with Crippen molar-refractivity contribution in [2.45, 2.75) is 58.2 Å². The van der Waals surface area contributed by atoms with Crippen LogP contribution in [0.1, 0.15) is 46.5 Å². The Balaban J connectivity index is 0.000000383. The minimum Gasteiger partial charge on any atom is -0.473 e. The quantitative estimate of drug-likeness (QED) is 0.568. The summed E-state index contributed by atoms with van der Waals surface area (Å²) in [5, 5.41) is 0. The third-order valence-electron chi connectivity index (χ3n) is 8.65. The Bertz CT molecular complexity index is 944. The molecule has 0 radical (unpaired) electrons. The van der Waals surface area contributed by atoms with Gasteiger partial charge in [0.05, 0.1) is 42.7 Å². The lowest BCUT2D eigenvalue weighted by Gasteiger charge is -2.60. The van der Waals surface area contributed by atoms with E-state index in [2.05, 4.69) is 4.42 Å². The number of hydrogen-bond acceptors (Lipinski definition) is 7. The van der Waals surface area contributed by atoms with E-state index in [1.807, 2.05) is 32.9 Å². The predicted molar refractivity (Wildman–Crippen MR) is 112 cm³/mol. The highest BCUT2D eigenvalue weighted by atomic mass is 16.6. The number of cyclic esters (lactones) is 2.